The molecular formula is C12H10Cl2O2. The minimum absolute atomic E-state index is 0.198. The zero-order chi connectivity index (χ0) is 11.7. The van der Waals surface area contributed by atoms with Gasteiger partial charge in [0.2, 0.25) is 0 Å². The smallest absolute Gasteiger partial charge is 0.199 e. The number of aliphatic hydroxyl groups excluding tert-OH is 1. The first-order valence-corrected chi connectivity index (χ1v) is 5.52. The number of aryl methyl sites for hydroxylation is 1. The quantitative estimate of drug-likeness (QED) is 0.882. The van der Waals surface area contributed by atoms with E-state index < -0.39 is 6.10 Å². The van der Waals surface area contributed by atoms with Gasteiger partial charge >= 0.3 is 0 Å². The van der Waals surface area contributed by atoms with E-state index in [1.807, 2.05) is 19.1 Å². The van der Waals surface area contributed by atoms with Gasteiger partial charge in [-0.25, -0.2) is 0 Å². The summed E-state index contributed by atoms with van der Waals surface area (Å²) in [6.07, 6.45) is 0.626. The van der Waals surface area contributed by atoms with Gasteiger partial charge in [-0.2, -0.15) is 0 Å². The van der Waals surface area contributed by atoms with Crippen molar-refractivity contribution in [2.75, 3.05) is 0 Å². The Morgan fingerprint density at radius 1 is 1.25 bits per heavy atom. The average molecular weight is 257 g/mol. The maximum atomic E-state index is 10.1. The van der Waals surface area contributed by atoms with Crippen molar-refractivity contribution >= 4 is 23.2 Å². The number of furan rings is 1. The minimum Gasteiger partial charge on any atom is -0.453 e. The molecule has 1 unspecified atom stereocenters. The summed E-state index contributed by atoms with van der Waals surface area (Å²) in [6, 6.07) is 7.04. The summed E-state index contributed by atoms with van der Waals surface area (Å²) < 4.78 is 4.93. The number of hydrogen-bond acceptors (Lipinski definition) is 2. The Kier molecular flexibility index (Phi) is 3.24. The summed E-state index contributed by atoms with van der Waals surface area (Å²) in [7, 11) is 0. The van der Waals surface area contributed by atoms with E-state index in [1.165, 1.54) is 6.26 Å². The van der Waals surface area contributed by atoms with Crippen LogP contribution < -0.4 is 0 Å². The Bertz CT molecular complexity index is 505. The number of rotatable bonds is 2. The second-order valence-electron chi connectivity index (χ2n) is 3.56. The van der Waals surface area contributed by atoms with Crippen LogP contribution in [0.15, 0.2) is 34.9 Å². The molecule has 84 valence electrons. The lowest BCUT2D eigenvalue weighted by atomic mass is 10.0. The van der Waals surface area contributed by atoms with Gasteiger partial charge in [0, 0.05) is 10.6 Å². The van der Waals surface area contributed by atoms with Crippen LogP contribution in [0.5, 0.6) is 0 Å². The molecule has 0 aliphatic heterocycles. The van der Waals surface area contributed by atoms with Gasteiger partial charge in [0.25, 0.3) is 0 Å². The minimum atomic E-state index is -0.815. The molecule has 2 nitrogen and oxygen atoms in total. The summed E-state index contributed by atoms with van der Waals surface area (Å²) >= 11 is 11.8. The van der Waals surface area contributed by atoms with Crippen LogP contribution in [0.3, 0.4) is 0 Å². The second kappa shape index (κ2) is 4.50. The third-order valence-corrected chi connectivity index (χ3v) is 3.17. The molecule has 2 aromatic rings. The molecule has 0 fully saturated rings. The fourth-order valence-electron chi connectivity index (χ4n) is 1.46. The zero-order valence-electron chi connectivity index (χ0n) is 8.58. The first kappa shape index (κ1) is 11.5. The molecular weight excluding hydrogens is 247 g/mol. The molecule has 1 atom stereocenters. The van der Waals surface area contributed by atoms with Gasteiger partial charge in [-0.05, 0) is 41.8 Å². The predicted molar refractivity (Wildman–Crippen MR) is 64.0 cm³/mol. The topological polar surface area (TPSA) is 33.4 Å². The zero-order valence-corrected chi connectivity index (χ0v) is 10.1. The van der Waals surface area contributed by atoms with E-state index in [-0.39, 0.29) is 5.22 Å². The van der Waals surface area contributed by atoms with Crippen LogP contribution in [-0.2, 0) is 0 Å². The van der Waals surface area contributed by atoms with Crippen LogP contribution >= 0.6 is 23.2 Å². The third kappa shape index (κ3) is 2.09. The molecule has 1 aromatic carbocycles. The highest BCUT2D eigenvalue weighted by molar-refractivity contribution is 6.31. The van der Waals surface area contributed by atoms with Crippen molar-refractivity contribution in [3.05, 3.63) is 57.5 Å². The van der Waals surface area contributed by atoms with Gasteiger partial charge < -0.3 is 9.52 Å². The maximum Gasteiger partial charge on any atom is 0.199 e. The summed E-state index contributed by atoms with van der Waals surface area (Å²) in [5.41, 5.74) is 2.20. The van der Waals surface area contributed by atoms with Crippen molar-refractivity contribution in [2.24, 2.45) is 0 Å². The highest BCUT2D eigenvalue weighted by atomic mass is 35.5. The third-order valence-electron chi connectivity index (χ3n) is 2.45. The first-order chi connectivity index (χ1) is 7.59. The Morgan fingerprint density at radius 2 is 2.00 bits per heavy atom. The summed E-state index contributed by atoms with van der Waals surface area (Å²) in [6.45, 7) is 1.91. The van der Waals surface area contributed by atoms with Crippen LogP contribution in [0.25, 0.3) is 0 Å². The molecule has 1 heterocycles. The Balaban J connectivity index is 2.38. The van der Waals surface area contributed by atoms with Crippen LogP contribution in [0.4, 0.5) is 0 Å². The van der Waals surface area contributed by atoms with Gasteiger partial charge in [-0.3, -0.25) is 0 Å². The van der Waals surface area contributed by atoms with Gasteiger partial charge in [0.15, 0.2) is 5.22 Å². The van der Waals surface area contributed by atoms with Crippen LogP contribution in [0.2, 0.25) is 10.2 Å². The van der Waals surface area contributed by atoms with Crippen molar-refractivity contribution in [2.45, 2.75) is 13.0 Å². The number of hydrogen-bond donors (Lipinski definition) is 1. The summed E-state index contributed by atoms with van der Waals surface area (Å²) in [5.74, 6) is 0. The number of halogens is 2. The fourth-order valence-corrected chi connectivity index (χ4v) is 1.86. The monoisotopic (exact) mass is 256 g/mol. The van der Waals surface area contributed by atoms with Crippen LogP contribution in [-0.4, -0.2) is 5.11 Å². The standard InChI is InChI=1S/C12H10Cl2O2/c1-7-2-3-8(6-10(7)13)11(15)9-4-5-16-12(9)14/h2-6,11,15H,1H3. The Labute approximate surface area is 103 Å². The van der Waals surface area contributed by atoms with Gasteiger partial charge in [0.1, 0.15) is 6.10 Å². The van der Waals surface area contributed by atoms with Gasteiger partial charge in [-0.15, -0.1) is 0 Å². The lowest BCUT2D eigenvalue weighted by Gasteiger charge is -2.10. The second-order valence-corrected chi connectivity index (χ2v) is 4.31. The normalized spacial score (nSPS) is 12.8. The van der Waals surface area contributed by atoms with Crippen molar-refractivity contribution in [1.29, 1.82) is 0 Å². The van der Waals surface area contributed by atoms with Crippen molar-refractivity contribution in [1.82, 2.24) is 0 Å². The highest BCUT2D eigenvalue weighted by Gasteiger charge is 2.16. The Hall–Kier alpha value is -0.960. The van der Waals surface area contributed by atoms with Crippen molar-refractivity contribution in [3.8, 4) is 0 Å². The molecule has 2 rings (SSSR count). The SMILES string of the molecule is Cc1ccc(C(O)c2ccoc2Cl)cc1Cl. The number of aliphatic hydroxyl groups is 1. The van der Waals surface area contributed by atoms with E-state index >= 15 is 0 Å². The molecule has 0 amide bonds. The van der Waals surface area contributed by atoms with Gasteiger partial charge in [-0.1, -0.05) is 23.7 Å². The van der Waals surface area contributed by atoms with Crippen molar-refractivity contribution < 1.29 is 9.52 Å². The molecule has 1 aromatic heterocycles. The summed E-state index contributed by atoms with van der Waals surface area (Å²) in [4.78, 5) is 0. The van der Waals surface area contributed by atoms with E-state index in [9.17, 15) is 5.11 Å². The molecule has 16 heavy (non-hydrogen) atoms. The Morgan fingerprint density at radius 3 is 2.56 bits per heavy atom. The van der Waals surface area contributed by atoms with Crippen LogP contribution in [0.1, 0.15) is 22.8 Å². The predicted octanol–water partition coefficient (Wildman–Crippen LogP) is 3.98. The van der Waals surface area contributed by atoms with E-state index in [4.69, 9.17) is 27.6 Å². The lowest BCUT2D eigenvalue weighted by molar-refractivity contribution is 0.219. The molecule has 0 radical (unpaired) electrons. The highest BCUT2D eigenvalue weighted by Crippen LogP contribution is 2.30. The van der Waals surface area contributed by atoms with Gasteiger partial charge in [0.05, 0.1) is 6.26 Å². The lowest BCUT2D eigenvalue weighted by Crippen LogP contribution is -1.98. The van der Waals surface area contributed by atoms with Crippen molar-refractivity contribution in [3.63, 3.8) is 0 Å². The number of benzene rings is 1. The molecule has 4 heteroatoms. The molecule has 0 saturated carbocycles. The van der Waals surface area contributed by atoms with E-state index in [2.05, 4.69) is 0 Å². The van der Waals surface area contributed by atoms with Crippen LogP contribution in [0, 0.1) is 6.92 Å². The fraction of sp³-hybridized carbons (Fsp3) is 0.167. The molecule has 0 spiro atoms. The largest absolute Gasteiger partial charge is 0.453 e. The maximum absolute atomic E-state index is 10.1. The van der Waals surface area contributed by atoms with E-state index in [1.54, 1.807) is 12.1 Å². The summed E-state index contributed by atoms with van der Waals surface area (Å²) in [5, 5.41) is 10.9. The molecule has 1 N–H and O–H groups in total. The van der Waals surface area contributed by atoms with E-state index in [0.717, 1.165) is 5.56 Å². The molecule has 0 aliphatic carbocycles. The molecule has 0 bridgehead atoms. The average Bonchev–Trinajstić information content (AvgIpc) is 2.67. The van der Waals surface area contributed by atoms with E-state index in [0.29, 0.717) is 16.1 Å². The molecule has 0 aliphatic rings. The molecule has 0 saturated heterocycles. The first-order valence-electron chi connectivity index (χ1n) is 4.76.